The molecule has 1 amide bonds. The molecule has 1 aromatic heterocycles. The summed E-state index contributed by atoms with van der Waals surface area (Å²) in [6.45, 7) is 1.80. The second-order valence-electron chi connectivity index (χ2n) is 3.20. The largest absolute Gasteiger partial charge is 0.338 e. The zero-order valence-corrected chi connectivity index (χ0v) is 8.32. The summed E-state index contributed by atoms with van der Waals surface area (Å²) in [6, 6.07) is 9.31. The molecule has 0 radical (unpaired) electrons. The highest BCUT2D eigenvalue weighted by Gasteiger charge is 2.07. The predicted molar refractivity (Wildman–Crippen MR) is 57.7 cm³/mol. The minimum absolute atomic E-state index is 0.179. The molecule has 4 heteroatoms. The number of aromatic amines is 1. The monoisotopic (exact) mass is 201 g/mol. The number of carbonyl (C=O) groups is 1. The van der Waals surface area contributed by atoms with Crippen LogP contribution in [0.15, 0.2) is 36.5 Å². The third-order valence-corrected chi connectivity index (χ3v) is 1.98. The van der Waals surface area contributed by atoms with Crippen LogP contribution in [0.3, 0.4) is 0 Å². The molecule has 2 rings (SSSR count). The van der Waals surface area contributed by atoms with E-state index in [-0.39, 0.29) is 5.91 Å². The molecule has 0 aliphatic rings. The fourth-order valence-electron chi connectivity index (χ4n) is 1.26. The van der Waals surface area contributed by atoms with Crippen molar-refractivity contribution in [3.63, 3.8) is 0 Å². The van der Waals surface area contributed by atoms with Crippen molar-refractivity contribution >= 4 is 11.6 Å². The van der Waals surface area contributed by atoms with Crippen LogP contribution in [0.4, 0.5) is 5.69 Å². The van der Waals surface area contributed by atoms with Crippen LogP contribution in [0.25, 0.3) is 0 Å². The van der Waals surface area contributed by atoms with E-state index in [0.29, 0.717) is 5.69 Å². The molecule has 15 heavy (non-hydrogen) atoms. The molecule has 0 saturated carbocycles. The van der Waals surface area contributed by atoms with E-state index in [1.54, 1.807) is 6.92 Å². The highest BCUT2D eigenvalue weighted by atomic mass is 16.1. The fraction of sp³-hybridized carbons (Fsp3) is 0.0909. The van der Waals surface area contributed by atoms with Crippen molar-refractivity contribution in [2.24, 2.45) is 0 Å². The van der Waals surface area contributed by atoms with Crippen LogP contribution in [0, 0.1) is 6.92 Å². The number of carbonyl (C=O) groups excluding carboxylic acids is 1. The number of nitrogens with one attached hydrogen (secondary N) is 2. The lowest BCUT2D eigenvalue weighted by atomic mass is 10.3. The molecule has 2 N–H and O–H groups in total. The van der Waals surface area contributed by atoms with Gasteiger partial charge in [-0.25, -0.2) is 4.98 Å². The van der Waals surface area contributed by atoms with Crippen LogP contribution in [0.1, 0.15) is 16.3 Å². The van der Waals surface area contributed by atoms with Gasteiger partial charge in [-0.15, -0.1) is 0 Å². The number of anilines is 1. The van der Waals surface area contributed by atoms with Gasteiger partial charge in [0.15, 0.2) is 0 Å². The van der Waals surface area contributed by atoms with E-state index >= 15 is 0 Å². The van der Waals surface area contributed by atoms with Gasteiger partial charge in [-0.3, -0.25) is 4.79 Å². The molecule has 0 aliphatic carbocycles. The van der Waals surface area contributed by atoms with Gasteiger partial charge in [0.25, 0.3) is 5.91 Å². The number of rotatable bonds is 2. The van der Waals surface area contributed by atoms with Crippen molar-refractivity contribution in [1.82, 2.24) is 9.97 Å². The quantitative estimate of drug-likeness (QED) is 0.780. The van der Waals surface area contributed by atoms with E-state index < -0.39 is 0 Å². The summed E-state index contributed by atoms with van der Waals surface area (Å²) in [7, 11) is 0. The molecule has 4 nitrogen and oxygen atoms in total. The Morgan fingerprint density at radius 1 is 1.33 bits per heavy atom. The summed E-state index contributed by atoms with van der Waals surface area (Å²) >= 11 is 0. The molecule has 0 saturated heterocycles. The number of amides is 1. The number of aromatic nitrogens is 2. The first-order chi connectivity index (χ1) is 7.25. The maximum absolute atomic E-state index is 11.6. The van der Waals surface area contributed by atoms with Crippen LogP contribution in [-0.4, -0.2) is 15.9 Å². The minimum atomic E-state index is -0.179. The van der Waals surface area contributed by atoms with Crippen molar-refractivity contribution < 1.29 is 4.79 Å². The van der Waals surface area contributed by atoms with Crippen LogP contribution in [-0.2, 0) is 0 Å². The standard InChI is InChI=1S/C11H11N3O/c1-8-12-7-10(13-8)11(15)14-9-5-3-2-4-6-9/h2-7H,1H3,(H,12,13)(H,14,15). The summed E-state index contributed by atoms with van der Waals surface area (Å²) in [4.78, 5) is 18.5. The summed E-state index contributed by atoms with van der Waals surface area (Å²) in [5, 5.41) is 2.76. The summed E-state index contributed by atoms with van der Waals surface area (Å²) in [6.07, 6.45) is 1.52. The molecule has 0 spiro atoms. The average molecular weight is 201 g/mol. The van der Waals surface area contributed by atoms with Crippen LogP contribution in [0.5, 0.6) is 0 Å². The van der Waals surface area contributed by atoms with E-state index in [1.165, 1.54) is 6.20 Å². The lowest BCUT2D eigenvalue weighted by molar-refractivity contribution is 0.102. The van der Waals surface area contributed by atoms with Crippen molar-refractivity contribution in [2.75, 3.05) is 5.32 Å². The van der Waals surface area contributed by atoms with Gasteiger partial charge in [-0.2, -0.15) is 0 Å². The number of H-pyrrole nitrogens is 1. The van der Waals surface area contributed by atoms with Gasteiger partial charge in [0, 0.05) is 5.69 Å². The lowest BCUT2D eigenvalue weighted by Gasteiger charge is -2.01. The molecular formula is C11H11N3O. The fourth-order valence-corrected chi connectivity index (χ4v) is 1.26. The summed E-state index contributed by atoms with van der Waals surface area (Å²) in [5.41, 5.74) is 1.24. The molecule has 0 bridgehead atoms. The highest BCUT2D eigenvalue weighted by Crippen LogP contribution is 2.07. The van der Waals surface area contributed by atoms with Gasteiger partial charge in [-0.05, 0) is 19.1 Å². The molecule has 0 aliphatic heterocycles. The Morgan fingerprint density at radius 3 is 2.67 bits per heavy atom. The Kier molecular flexibility index (Phi) is 2.49. The second-order valence-corrected chi connectivity index (χ2v) is 3.20. The Balaban J connectivity index is 2.11. The number of hydrogen-bond acceptors (Lipinski definition) is 2. The van der Waals surface area contributed by atoms with E-state index in [0.717, 1.165) is 11.5 Å². The van der Waals surface area contributed by atoms with Crippen LogP contribution >= 0.6 is 0 Å². The Bertz CT molecular complexity index is 462. The van der Waals surface area contributed by atoms with Crippen LogP contribution in [0.2, 0.25) is 0 Å². The minimum Gasteiger partial charge on any atom is -0.338 e. The SMILES string of the molecule is Cc1ncc(C(=O)Nc2ccccc2)[nH]1. The summed E-state index contributed by atoms with van der Waals surface area (Å²) in [5.74, 6) is 0.551. The number of aryl methyl sites for hydroxylation is 1. The third kappa shape index (κ3) is 2.22. The topological polar surface area (TPSA) is 57.8 Å². The molecule has 2 aromatic rings. The zero-order valence-electron chi connectivity index (χ0n) is 8.32. The highest BCUT2D eigenvalue weighted by molar-refractivity contribution is 6.02. The lowest BCUT2D eigenvalue weighted by Crippen LogP contribution is -2.12. The van der Waals surface area contributed by atoms with Gasteiger partial charge in [-0.1, -0.05) is 18.2 Å². The number of hydrogen-bond donors (Lipinski definition) is 2. The van der Waals surface area contributed by atoms with E-state index in [4.69, 9.17) is 0 Å². The molecular weight excluding hydrogens is 190 g/mol. The van der Waals surface area contributed by atoms with Gasteiger partial charge in [0.05, 0.1) is 6.20 Å². The Labute approximate surface area is 87.4 Å². The van der Waals surface area contributed by atoms with Crippen LogP contribution < -0.4 is 5.32 Å². The van der Waals surface area contributed by atoms with E-state index in [9.17, 15) is 4.79 Å². The first kappa shape index (κ1) is 9.45. The molecule has 0 atom stereocenters. The van der Waals surface area contributed by atoms with E-state index in [2.05, 4.69) is 15.3 Å². The molecule has 76 valence electrons. The van der Waals surface area contributed by atoms with Crippen molar-refractivity contribution in [3.8, 4) is 0 Å². The number of nitrogens with zero attached hydrogens (tertiary/aromatic N) is 1. The molecule has 0 fully saturated rings. The molecule has 1 heterocycles. The van der Waals surface area contributed by atoms with Gasteiger partial charge in [0.2, 0.25) is 0 Å². The predicted octanol–water partition coefficient (Wildman–Crippen LogP) is 1.97. The average Bonchev–Trinajstić information content (AvgIpc) is 2.66. The smallest absolute Gasteiger partial charge is 0.273 e. The third-order valence-electron chi connectivity index (χ3n) is 1.98. The zero-order chi connectivity index (χ0) is 10.7. The van der Waals surface area contributed by atoms with Crippen molar-refractivity contribution in [3.05, 3.63) is 48.0 Å². The normalized spacial score (nSPS) is 9.93. The maximum Gasteiger partial charge on any atom is 0.273 e. The van der Waals surface area contributed by atoms with Gasteiger partial charge >= 0.3 is 0 Å². The molecule has 0 unspecified atom stereocenters. The Morgan fingerprint density at radius 2 is 2.07 bits per heavy atom. The number of benzene rings is 1. The number of imidazole rings is 1. The maximum atomic E-state index is 11.6. The van der Waals surface area contributed by atoms with E-state index in [1.807, 2.05) is 30.3 Å². The first-order valence-corrected chi connectivity index (χ1v) is 4.64. The number of para-hydroxylation sites is 1. The van der Waals surface area contributed by atoms with Crippen molar-refractivity contribution in [2.45, 2.75) is 6.92 Å². The van der Waals surface area contributed by atoms with Crippen molar-refractivity contribution in [1.29, 1.82) is 0 Å². The second kappa shape index (κ2) is 3.96. The van der Waals surface area contributed by atoms with Gasteiger partial charge in [0.1, 0.15) is 11.5 Å². The molecule has 1 aromatic carbocycles. The summed E-state index contributed by atoms with van der Waals surface area (Å²) < 4.78 is 0. The Hall–Kier alpha value is -2.10. The van der Waals surface area contributed by atoms with Gasteiger partial charge < -0.3 is 10.3 Å². The first-order valence-electron chi connectivity index (χ1n) is 4.64.